The van der Waals surface area contributed by atoms with Gasteiger partial charge in [-0.2, -0.15) is 30.2 Å². The second-order valence-electron chi connectivity index (χ2n) is 3.59. The van der Waals surface area contributed by atoms with Crippen LogP contribution < -0.4 is 5.32 Å². The molecule has 102 valence electrons. The number of hydrogen-bond donors (Lipinski definition) is 1. The smallest absolute Gasteiger partial charge is 0.325 e. The fourth-order valence-corrected chi connectivity index (χ4v) is 1.89. The summed E-state index contributed by atoms with van der Waals surface area (Å²) in [6, 6.07) is 6.40. The third-order valence-electron chi connectivity index (χ3n) is 2.07. The molecule has 19 heavy (non-hydrogen) atoms. The molecule has 1 amide bonds. The molecular formula is C12H11F3N2OS. The average Bonchev–Trinajstić information content (AvgIpc) is 2.34. The fraction of sp³-hybridized carbons (Fsp3) is 0.333. The summed E-state index contributed by atoms with van der Waals surface area (Å²) < 4.78 is 37.3. The number of carbonyl (C=O) groups excluding carboxylic acids is 1. The molecule has 0 radical (unpaired) electrons. The van der Waals surface area contributed by atoms with Gasteiger partial charge in [0.25, 0.3) is 0 Å². The fourth-order valence-electron chi connectivity index (χ4n) is 1.25. The standard InChI is InChI=1S/C12H11F3N2OS/c13-12(14,15)9-3-1-4-10(7-9)17-11(18)8-19-6-2-5-16/h1,3-4,7H,2,6,8H2,(H,17,18). The number of carbonyl (C=O) groups is 1. The van der Waals surface area contributed by atoms with Crippen LogP contribution in [0.2, 0.25) is 0 Å². The maximum Gasteiger partial charge on any atom is 0.416 e. The van der Waals surface area contributed by atoms with Gasteiger partial charge in [-0.1, -0.05) is 6.07 Å². The van der Waals surface area contributed by atoms with Crippen molar-refractivity contribution in [2.45, 2.75) is 12.6 Å². The van der Waals surface area contributed by atoms with Crippen LogP contribution in [0, 0.1) is 11.3 Å². The van der Waals surface area contributed by atoms with E-state index in [4.69, 9.17) is 5.26 Å². The second kappa shape index (κ2) is 7.04. The van der Waals surface area contributed by atoms with E-state index in [-0.39, 0.29) is 17.3 Å². The molecule has 1 aromatic carbocycles. The van der Waals surface area contributed by atoms with Gasteiger partial charge in [-0.3, -0.25) is 4.79 Å². The van der Waals surface area contributed by atoms with Crippen molar-refractivity contribution >= 4 is 23.4 Å². The Morgan fingerprint density at radius 1 is 1.42 bits per heavy atom. The summed E-state index contributed by atoms with van der Waals surface area (Å²) in [6.45, 7) is 0. The number of alkyl halides is 3. The van der Waals surface area contributed by atoms with E-state index in [0.29, 0.717) is 12.2 Å². The first-order valence-corrected chi connectivity index (χ1v) is 6.51. The molecule has 0 unspecified atom stereocenters. The number of anilines is 1. The number of nitriles is 1. The lowest BCUT2D eigenvalue weighted by Gasteiger charge is -2.09. The number of halogens is 3. The molecule has 0 heterocycles. The van der Waals surface area contributed by atoms with Crippen molar-refractivity contribution in [1.29, 1.82) is 5.26 Å². The van der Waals surface area contributed by atoms with E-state index < -0.39 is 11.7 Å². The summed E-state index contributed by atoms with van der Waals surface area (Å²) in [4.78, 5) is 11.4. The van der Waals surface area contributed by atoms with Crippen molar-refractivity contribution in [3.05, 3.63) is 29.8 Å². The minimum atomic E-state index is -4.43. The highest BCUT2D eigenvalue weighted by molar-refractivity contribution is 7.99. The third-order valence-corrected chi connectivity index (χ3v) is 3.02. The zero-order valence-electron chi connectivity index (χ0n) is 9.83. The number of amides is 1. The number of hydrogen-bond acceptors (Lipinski definition) is 3. The first-order valence-electron chi connectivity index (χ1n) is 5.35. The van der Waals surface area contributed by atoms with Crippen LogP contribution >= 0.6 is 11.8 Å². The van der Waals surface area contributed by atoms with Gasteiger partial charge in [0.2, 0.25) is 5.91 Å². The molecule has 0 aliphatic rings. The van der Waals surface area contributed by atoms with E-state index in [2.05, 4.69) is 5.32 Å². The van der Waals surface area contributed by atoms with Gasteiger partial charge in [-0.05, 0) is 18.2 Å². The Kier molecular flexibility index (Phi) is 5.70. The van der Waals surface area contributed by atoms with Gasteiger partial charge in [0, 0.05) is 17.9 Å². The van der Waals surface area contributed by atoms with E-state index >= 15 is 0 Å². The van der Waals surface area contributed by atoms with Gasteiger partial charge in [-0.25, -0.2) is 0 Å². The number of nitrogens with one attached hydrogen (secondary N) is 1. The first-order chi connectivity index (χ1) is 8.93. The highest BCUT2D eigenvalue weighted by Gasteiger charge is 2.30. The molecule has 1 aromatic rings. The van der Waals surface area contributed by atoms with E-state index in [1.165, 1.54) is 23.9 Å². The van der Waals surface area contributed by atoms with Crippen LogP contribution in [0.1, 0.15) is 12.0 Å². The Morgan fingerprint density at radius 3 is 2.79 bits per heavy atom. The minimum absolute atomic E-state index is 0.109. The van der Waals surface area contributed by atoms with Crippen LogP contribution in [0.3, 0.4) is 0 Å². The number of thioether (sulfide) groups is 1. The van der Waals surface area contributed by atoms with Crippen LogP contribution in [-0.4, -0.2) is 17.4 Å². The average molecular weight is 288 g/mol. The van der Waals surface area contributed by atoms with Gasteiger partial charge in [0.05, 0.1) is 17.4 Å². The molecule has 1 rings (SSSR count). The predicted molar refractivity (Wildman–Crippen MR) is 67.6 cm³/mol. The lowest BCUT2D eigenvalue weighted by Crippen LogP contribution is -2.15. The van der Waals surface area contributed by atoms with Crippen molar-refractivity contribution in [3.63, 3.8) is 0 Å². The van der Waals surface area contributed by atoms with Crippen LogP contribution in [0.5, 0.6) is 0 Å². The quantitative estimate of drug-likeness (QED) is 0.846. The van der Waals surface area contributed by atoms with Crippen LogP contribution in [0.15, 0.2) is 24.3 Å². The summed E-state index contributed by atoms with van der Waals surface area (Å²) in [5, 5.41) is 10.7. The SMILES string of the molecule is N#CCCSCC(=O)Nc1cccc(C(F)(F)F)c1. The molecule has 0 aromatic heterocycles. The molecule has 0 saturated carbocycles. The van der Waals surface area contributed by atoms with Gasteiger partial charge in [0.1, 0.15) is 0 Å². The molecule has 0 atom stereocenters. The van der Waals surface area contributed by atoms with Crippen molar-refractivity contribution in [2.75, 3.05) is 16.8 Å². The molecule has 0 fully saturated rings. The van der Waals surface area contributed by atoms with Crippen LogP contribution in [0.25, 0.3) is 0 Å². The van der Waals surface area contributed by atoms with Gasteiger partial charge < -0.3 is 5.32 Å². The van der Waals surface area contributed by atoms with Crippen LogP contribution in [-0.2, 0) is 11.0 Å². The van der Waals surface area contributed by atoms with Crippen molar-refractivity contribution in [1.82, 2.24) is 0 Å². The lowest BCUT2D eigenvalue weighted by atomic mass is 10.2. The van der Waals surface area contributed by atoms with E-state index in [1.807, 2.05) is 6.07 Å². The molecule has 0 aliphatic carbocycles. The molecular weight excluding hydrogens is 277 g/mol. The maximum absolute atomic E-state index is 12.4. The Labute approximate surface area is 112 Å². The summed E-state index contributed by atoms with van der Waals surface area (Å²) in [5.41, 5.74) is -0.692. The first kappa shape index (κ1) is 15.4. The zero-order chi connectivity index (χ0) is 14.3. The summed E-state index contributed by atoms with van der Waals surface area (Å²) >= 11 is 1.26. The Bertz CT molecular complexity index is 483. The zero-order valence-corrected chi connectivity index (χ0v) is 10.6. The largest absolute Gasteiger partial charge is 0.416 e. The van der Waals surface area contributed by atoms with Gasteiger partial charge in [0.15, 0.2) is 0 Å². The Morgan fingerprint density at radius 2 is 2.16 bits per heavy atom. The monoisotopic (exact) mass is 288 g/mol. The summed E-state index contributed by atoms with van der Waals surface area (Å²) in [5.74, 6) is 0.243. The van der Waals surface area contributed by atoms with E-state index in [0.717, 1.165) is 12.1 Å². The molecule has 7 heteroatoms. The van der Waals surface area contributed by atoms with Crippen molar-refractivity contribution < 1.29 is 18.0 Å². The molecule has 1 N–H and O–H groups in total. The Hall–Kier alpha value is -1.68. The molecule has 0 aliphatic heterocycles. The molecule has 0 spiro atoms. The van der Waals surface area contributed by atoms with Crippen molar-refractivity contribution in [3.8, 4) is 6.07 Å². The highest BCUT2D eigenvalue weighted by Crippen LogP contribution is 2.30. The predicted octanol–water partition coefficient (Wildman–Crippen LogP) is 3.29. The van der Waals surface area contributed by atoms with E-state index in [1.54, 1.807) is 0 Å². The number of benzene rings is 1. The van der Waals surface area contributed by atoms with Gasteiger partial charge in [-0.15, -0.1) is 0 Å². The normalized spacial score (nSPS) is 10.8. The Balaban J connectivity index is 2.53. The van der Waals surface area contributed by atoms with Crippen molar-refractivity contribution in [2.24, 2.45) is 0 Å². The molecule has 0 bridgehead atoms. The topological polar surface area (TPSA) is 52.9 Å². The summed E-state index contributed by atoms with van der Waals surface area (Å²) in [6.07, 6.45) is -4.09. The lowest BCUT2D eigenvalue weighted by molar-refractivity contribution is -0.137. The number of nitrogens with zero attached hydrogens (tertiary/aromatic N) is 1. The number of rotatable bonds is 5. The maximum atomic E-state index is 12.4. The third kappa shape index (κ3) is 5.66. The van der Waals surface area contributed by atoms with E-state index in [9.17, 15) is 18.0 Å². The van der Waals surface area contributed by atoms with Crippen LogP contribution in [0.4, 0.5) is 18.9 Å². The molecule has 0 saturated heterocycles. The minimum Gasteiger partial charge on any atom is -0.325 e. The van der Waals surface area contributed by atoms with Gasteiger partial charge >= 0.3 is 6.18 Å². The molecule has 3 nitrogen and oxygen atoms in total. The summed E-state index contributed by atoms with van der Waals surface area (Å²) in [7, 11) is 0. The second-order valence-corrected chi connectivity index (χ2v) is 4.69. The highest BCUT2D eigenvalue weighted by atomic mass is 32.2.